The quantitative estimate of drug-likeness (QED) is 0.468. The molecule has 4 rings (SSSR count). The summed E-state index contributed by atoms with van der Waals surface area (Å²) in [6.07, 6.45) is 1.89. The summed E-state index contributed by atoms with van der Waals surface area (Å²) in [7, 11) is 0. The monoisotopic (exact) mass is 281 g/mol. The number of hydrogen-bond acceptors (Lipinski definition) is 1. The van der Waals surface area contributed by atoms with Gasteiger partial charge in [-0.1, -0.05) is 72.8 Å². The normalized spacial score (nSPS) is 10.7. The van der Waals surface area contributed by atoms with E-state index < -0.39 is 0 Å². The Morgan fingerprint density at radius 2 is 1.23 bits per heavy atom. The summed E-state index contributed by atoms with van der Waals surface area (Å²) in [4.78, 5) is 4.58. The molecule has 0 saturated carbocycles. The van der Waals surface area contributed by atoms with E-state index in [1.807, 2.05) is 30.5 Å². The third kappa shape index (κ3) is 2.27. The summed E-state index contributed by atoms with van der Waals surface area (Å²) in [6, 6.07) is 29.5. The zero-order chi connectivity index (χ0) is 14.8. The van der Waals surface area contributed by atoms with Crippen LogP contribution >= 0.6 is 0 Å². The van der Waals surface area contributed by atoms with Crippen molar-refractivity contribution in [2.75, 3.05) is 0 Å². The molecular formula is C21H15N. The van der Waals surface area contributed by atoms with Gasteiger partial charge in [0.2, 0.25) is 0 Å². The van der Waals surface area contributed by atoms with Crippen molar-refractivity contribution < 1.29 is 0 Å². The average Bonchev–Trinajstić information content (AvgIpc) is 2.62. The molecule has 0 aliphatic carbocycles. The zero-order valence-electron chi connectivity index (χ0n) is 12.1. The number of hydrogen-bond donors (Lipinski definition) is 0. The first-order chi connectivity index (χ1) is 10.9. The standard InChI is InChI=1S/C21H15N/c1-3-7-16(8-4-1)18-11-12-20-19(15-18)13-14-22-21(20)17-9-5-2-6-10-17/h1-15H. The third-order valence-corrected chi connectivity index (χ3v) is 3.92. The lowest BCUT2D eigenvalue weighted by molar-refractivity contribution is 1.36. The second-order valence-corrected chi connectivity index (χ2v) is 5.33. The molecule has 0 amide bonds. The highest BCUT2D eigenvalue weighted by Gasteiger charge is 2.06. The second kappa shape index (κ2) is 5.45. The maximum atomic E-state index is 4.58. The maximum absolute atomic E-state index is 4.58. The van der Waals surface area contributed by atoms with E-state index in [1.165, 1.54) is 21.9 Å². The number of rotatable bonds is 2. The molecule has 1 heterocycles. The van der Waals surface area contributed by atoms with Crippen LogP contribution in [0.15, 0.2) is 91.1 Å². The van der Waals surface area contributed by atoms with Gasteiger partial charge < -0.3 is 0 Å². The van der Waals surface area contributed by atoms with Gasteiger partial charge in [-0.05, 0) is 28.6 Å². The first-order valence-corrected chi connectivity index (χ1v) is 7.41. The largest absolute Gasteiger partial charge is 0.256 e. The van der Waals surface area contributed by atoms with Gasteiger partial charge in [0.25, 0.3) is 0 Å². The first kappa shape index (κ1) is 12.8. The van der Waals surface area contributed by atoms with Gasteiger partial charge in [0.15, 0.2) is 0 Å². The first-order valence-electron chi connectivity index (χ1n) is 7.41. The lowest BCUT2D eigenvalue weighted by Gasteiger charge is -2.08. The van der Waals surface area contributed by atoms with E-state index in [0.717, 1.165) is 11.3 Å². The third-order valence-electron chi connectivity index (χ3n) is 3.92. The fourth-order valence-corrected chi connectivity index (χ4v) is 2.81. The van der Waals surface area contributed by atoms with Crippen molar-refractivity contribution in [1.82, 2.24) is 4.98 Å². The van der Waals surface area contributed by atoms with Gasteiger partial charge in [-0.2, -0.15) is 0 Å². The zero-order valence-corrected chi connectivity index (χ0v) is 12.1. The molecule has 0 radical (unpaired) electrons. The fourth-order valence-electron chi connectivity index (χ4n) is 2.81. The molecule has 0 N–H and O–H groups in total. The summed E-state index contributed by atoms with van der Waals surface area (Å²) in [5.41, 5.74) is 4.67. The molecule has 3 aromatic carbocycles. The van der Waals surface area contributed by atoms with Crippen molar-refractivity contribution in [2.24, 2.45) is 0 Å². The molecule has 1 nitrogen and oxygen atoms in total. The summed E-state index contributed by atoms with van der Waals surface area (Å²) in [6.45, 7) is 0. The molecule has 104 valence electrons. The van der Waals surface area contributed by atoms with Crippen LogP contribution < -0.4 is 0 Å². The van der Waals surface area contributed by atoms with Crippen molar-refractivity contribution in [3.8, 4) is 22.4 Å². The van der Waals surface area contributed by atoms with Gasteiger partial charge >= 0.3 is 0 Å². The molecule has 0 aliphatic rings. The van der Waals surface area contributed by atoms with Crippen LogP contribution in [0.4, 0.5) is 0 Å². The summed E-state index contributed by atoms with van der Waals surface area (Å²) in [5.74, 6) is 0. The topological polar surface area (TPSA) is 12.9 Å². The van der Waals surface area contributed by atoms with Crippen LogP contribution in [0.3, 0.4) is 0 Å². The van der Waals surface area contributed by atoms with E-state index in [0.29, 0.717) is 0 Å². The molecule has 0 spiro atoms. The van der Waals surface area contributed by atoms with Crippen molar-refractivity contribution >= 4 is 10.8 Å². The van der Waals surface area contributed by atoms with Crippen LogP contribution in [-0.2, 0) is 0 Å². The van der Waals surface area contributed by atoms with Crippen LogP contribution in [0.2, 0.25) is 0 Å². The molecule has 0 saturated heterocycles. The number of nitrogens with zero attached hydrogens (tertiary/aromatic N) is 1. The predicted octanol–water partition coefficient (Wildman–Crippen LogP) is 5.57. The number of benzene rings is 3. The van der Waals surface area contributed by atoms with Gasteiger partial charge in [-0.15, -0.1) is 0 Å². The second-order valence-electron chi connectivity index (χ2n) is 5.33. The lowest BCUT2D eigenvalue weighted by atomic mass is 9.99. The predicted molar refractivity (Wildman–Crippen MR) is 92.6 cm³/mol. The van der Waals surface area contributed by atoms with Crippen molar-refractivity contribution in [2.45, 2.75) is 0 Å². The highest BCUT2D eigenvalue weighted by Crippen LogP contribution is 2.29. The maximum Gasteiger partial charge on any atom is 0.0780 e. The van der Waals surface area contributed by atoms with Gasteiger partial charge in [0, 0.05) is 17.1 Å². The Kier molecular flexibility index (Phi) is 3.17. The minimum atomic E-state index is 1.04. The number of fused-ring (bicyclic) bond motifs is 1. The van der Waals surface area contributed by atoms with Gasteiger partial charge in [-0.25, -0.2) is 0 Å². The van der Waals surface area contributed by atoms with Crippen LogP contribution in [-0.4, -0.2) is 4.98 Å². The molecule has 1 heteroatoms. The Morgan fingerprint density at radius 3 is 1.95 bits per heavy atom. The van der Waals surface area contributed by atoms with Crippen LogP contribution in [0.5, 0.6) is 0 Å². The van der Waals surface area contributed by atoms with E-state index in [9.17, 15) is 0 Å². The van der Waals surface area contributed by atoms with Crippen molar-refractivity contribution in [3.63, 3.8) is 0 Å². The van der Waals surface area contributed by atoms with Crippen LogP contribution in [0, 0.1) is 0 Å². The van der Waals surface area contributed by atoms with E-state index in [4.69, 9.17) is 0 Å². The Labute approximate surface area is 129 Å². The molecule has 0 aliphatic heterocycles. The smallest absolute Gasteiger partial charge is 0.0780 e. The molecular weight excluding hydrogens is 266 g/mol. The highest BCUT2D eigenvalue weighted by atomic mass is 14.7. The lowest BCUT2D eigenvalue weighted by Crippen LogP contribution is -1.86. The molecule has 0 unspecified atom stereocenters. The molecule has 0 bridgehead atoms. The van der Waals surface area contributed by atoms with E-state index in [2.05, 4.69) is 65.6 Å². The average molecular weight is 281 g/mol. The summed E-state index contributed by atoms with van der Waals surface area (Å²) < 4.78 is 0. The Balaban J connectivity index is 1.90. The molecule has 0 fully saturated rings. The Morgan fingerprint density at radius 1 is 0.545 bits per heavy atom. The summed E-state index contributed by atoms with van der Waals surface area (Å²) >= 11 is 0. The van der Waals surface area contributed by atoms with Gasteiger partial charge in [-0.3, -0.25) is 4.98 Å². The fraction of sp³-hybridized carbons (Fsp3) is 0. The van der Waals surface area contributed by atoms with Crippen molar-refractivity contribution in [1.29, 1.82) is 0 Å². The molecule has 1 aromatic heterocycles. The van der Waals surface area contributed by atoms with Crippen LogP contribution in [0.25, 0.3) is 33.2 Å². The SMILES string of the molecule is c1ccc(-c2ccc3c(-c4ccccc4)nccc3c2)cc1. The minimum Gasteiger partial charge on any atom is -0.256 e. The van der Waals surface area contributed by atoms with E-state index >= 15 is 0 Å². The van der Waals surface area contributed by atoms with Crippen LogP contribution in [0.1, 0.15) is 0 Å². The number of aromatic nitrogens is 1. The number of pyridine rings is 1. The minimum absolute atomic E-state index is 1.04. The molecule has 4 aromatic rings. The molecule has 22 heavy (non-hydrogen) atoms. The molecule has 0 atom stereocenters. The van der Waals surface area contributed by atoms with E-state index in [-0.39, 0.29) is 0 Å². The Bertz CT molecular complexity index is 912. The summed E-state index contributed by atoms with van der Waals surface area (Å²) in [5, 5.41) is 2.41. The van der Waals surface area contributed by atoms with Gasteiger partial charge in [0.05, 0.1) is 5.69 Å². The van der Waals surface area contributed by atoms with Crippen molar-refractivity contribution in [3.05, 3.63) is 91.1 Å². The Hall–Kier alpha value is -2.93. The van der Waals surface area contributed by atoms with E-state index in [1.54, 1.807) is 0 Å². The van der Waals surface area contributed by atoms with Gasteiger partial charge in [0.1, 0.15) is 0 Å². The highest BCUT2D eigenvalue weighted by molar-refractivity contribution is 5.96.